The summed E-state index contributed by atoms with van der Waals surface area (Å²) in [5.41, 5.74) is 0.173. The number of aromatic nitrogens is 1. The van der Waals surface area contributed by atoms with E-state index in [1.165, 1.54) is 19.2 Å². The van der Waals surface area contributed by atoms with Crippen LogP contribution in [0, 0.1) is 15.9 Å². The van der Waals surface area contributed by atoms with E-state index in [1.54, 1.807) is 0 Å². The predicted molar refractivity (Wildman–Crippen MR) is 74.5 cm³/mol. The lowest BCUT2D eigenvalue weighted by Crippen LogP contribution is -2.14. The molecule has 0 aliphatic carbocycles. The van der Waals surface area contributed by atoms with Crippen molar-refractivity contribution in [1.82, 2.24) is 4.98 Å². The molecule has 2 aromatic rings. The number of ketones is 1. The van der Waals surface area contributed by atoms with Crippen LogP contribution in [0.1, 0.15) is 10.4 Å². The van der Waals surface area contributed by atoms with Crippen LogP contribution in [-0.2, 0) is 0 Å². The van der Waals surface area contributed by atoms with E-state index in [-0.39, 0.29) is 33.8 Å². The van der Waals surface area contributed by atoms with Crippen molar-refractivity contribution in [1.29, 1.82) is 0 Å². The highest BCUT2D eigenvalue weighted by atomic mass is 32.1. The van der Waals surface area contributed by atoms with Crippen LogP contribution in [0.25, 0.3) is 0 Å². The number of Topliss-reactive ketones (excluding diaryl/α,β-unsaturated/α-hetero) is 1. The van der Waals surface area contributed by atoms with Crippen molar-refractivity contribution < 1.29 is 18.8 Å². The summed E-state index contributed by atoms with van der Waals surface area (Å²) >= 11 is 0.820. The molecule has 0 bridgehead atoms. The Kier molecular flexibility index (Phi) is 4.43. The van der Waals surface area contributed by atoms with Crippen LogP contribution in [0.2, 0.25) is 0 Å². The van der Waals surface area contributed by atoms with Gasteiger partial charge in [0, 0.05) is 5.56 Å². The van der Waals surface area contributed by atoms with Gasteiger partial charge in [0.05, 0.1) is 18.6 Å². The van der Waals surface area contributed by atoms with E-state index < -0.39 is 10.7 Å². The summed E-state index contributed by atoms with van der Waals surface area (Å²) in [7, 11) is 1.33. The van der Waals surface area contributed by atoms with E-state index in [9.17, 15) is 19.3 Å². The molecule has 0 saturated carbocycles. The molecule has 9 heteroatoms. The summed E-state index contributed by atoms with van der Waals surface area (Å²) in [4.78, 5) is 25.6. The minimum Gasteiger partial charge on any atom is -0.494 e. The number of carbonyl (C=O) groups is 1. The zero-order valence-corrected chi connectivity index (χ0v) is 11.6. The van der Waals surface area contributed by atoms with Crippen molar-refractivity contribution in [3.05, 3.63) is 45.9 Å². The predicted octanol–water partition coefficient (Wildman–Crippen LogP) is 2.49. The summed E-state index contributed by atoms with van der Waals surface area (Å²) in [6.07, 6.45) is 1.10. The zero-order valence-electron chi connectivity index (χ0n) is 10.8. The second-order valence-corrected chi connectivity index (χ2v) is 4.90. The maximum absolute atomic E-state index is 13.5. The molecule has 0 aliphatic rings. The minimum atomic E-state index is -0.631. The van der Waals surface area contributed by atoms with Crippen molar-refractivity contribution >= 4 is 27.3 Å². The molecule has 0 spiro atoms. The lowest BCUT2D eigenvalue weighted by atomic mass is 10.1. The maximum Gasteiger partial charge on any atom is 0.345 e. The number of carbonyl (C=O) groups excluding carboxylic acids is 1. The lowest BCUT2D eigenvalue weighted by Gasteiger charge is -2.05. The Labute approximate surface area is 122 Å². The third-order valence-electron chi connectivity index (χ3n) is 2.55. The first kappa shape index (κ1) is 14.9. The average Bonchev–Trinajstić information content (AvgIpc) is 2.93. The van der Waals surface area contributed by atoms with Crippen LogP contribution >= 0.6 is 11.3 Å². The summed E-state index contributed by atoms with van der Waals surface area (Å²) < 4.78 is 18.2. The van der Waals surface area contributed by atoms with Crippen LogP contribution in [0.4, 0.5) is 14.5 Å². The molecule has 0 aliphatic heterocycles. The fourth-order valence-corrected chi connectivity index (χ4v) is 2.16. The van der Waals surface area contributed by atoms with Crippen LogP contribution in [0.15, 0.2) is 24.4 Å². The Morgan fingerprint density at radius 2 is 2.33 bits per heavy atom. The Balaban J connectivity index is 2.01. The van der Waals surface area contributed by atoms with E-state index in [0.29, 0.717) is 0 Å². The number of nitrogens with zero attached hydrogens (tertiary/aromatic N) is 2. The van der Waals surface area contributed by atoms with Gasteiger partial charge in [0.15, 0.2) is 22.5 Å². The fourth-order valence-electron chi connectivity index (χ4n) is 1.53. The van der Waals surface area contributed by atoms with Crippen LogP contribution in [-0.4, -0.2) is 29.3 Å². The molecule has 0 unspecified atom stereocenters. The first-order valence-electron chi connectivity index (χ1n) is 5.72. The van der Waals surface area contributed by atoms with Crippen molar-refractivity contribution in [2.45, 2.75) is 0 Å². The zero-order chi connectivity index (χ0) is 15.4. The van der Waals surface area contributed by atoms with E-state index in [4.69, 9.17) is 4.74 Å². The first-order valence-corrected chi connectivity index (χ1v) is 6.53. The number of hydrogen-bond acceptors (Lipinski definition) is 7. The summed E-state index contributed by atoms with van der Waals surface area (Å²) in [6, 6.07) is 3.88. The Morgan fingerprint density at radius 1 is 1.57 bits per heavy atom. The lowest BCUT2D eigenvalue weighted by molar-refractivity contribution is -0.380. The first-order chi connectivity index (χ1) is 10.0. The number of nitro groups is 1. The molecular formula is C12H10FN3O4S. The van der Waals surface area contributed by atoms with Gasteiger partial charge in [-0.1, -0.05) is 0 Å². The van der Waals surface area contributed by atoms with Gasteiger partial charge in [-0.05, 0) is 29.5 Å². The van der Waals surface area contributed by atoms with E-state index in [0.717, 1.165) is 23.6 Å². The number of benzene rings is 1. The molecule has 1 aromatic heterocycles. The molecule has 0 radical (unpaired) electrons. The van der Waals surface area contributed by atoms with Crippen LogP contribution in [0.5, 0.6) is 5.75 Å². The van der Waals surface area contributed by atoms with Gasteiger partial charge in [0.1, 0.15) is 6.20 Å². The normalized spacial score (nSPS) is 10.2. The number of halogens is 1. The van der Waals surface area contributed by atoms with Crippen molar-refractivity contribution in [3.8, 4) is 5.75 Å². The molecule has 7 nitrogen and oxygen atoms in total. The van der Waals surface area contributed by atoms with Crippen molar-refractivity contribution in [2.75, 3.05) is 19.0 Å². The number of nitrogens with one attached hydrogen (secondary N) is 1. The molecule has 1 N–H and O–H groups in total. The van der Waals surface area contributed by atoms with Gasteiger partial charge in [-0.15, -0.1) is 0 Å². The summed E-state index contributed by atoms with van der Waals surface area (Å²) in [5, 5.41) is 13.3. The Morgan fingerprint density at radius 3 is 2.90 bits per heavy atom. The molecule has 110 valence electrons. The summed E-state index contributed by atoms with van der Waals surface area (Å²) in [6.45, 7) is -0.142. The van der Waals surface area contributed by atoms with Crippen LogP contribution in [0.3, 0.4) is 0 Å². The van der Waals surface area contributed by atoms with Gasteiger partial charge >= 0.3 is 5.00 Å². The molecule has 0 amide bonds. The minimum absolute atomic E-state index is 0.0510. The average molecular weight is 311 g/mol. The highest BCUT2D eigenvalue weighted by Crippen LogP contribution is 2.25. The van der Waals surface area contributed by atoms with E-state index in [2.05, 4.69) is 10.3 Å². The van der Waals surface area contributed by atoms with Crippen LogP contribution < -0.4 is 10.1 Å². The SMILES string of the molecule is COc1ccc(C(=O)CNc2ncc([N+](=O)[O-])s2)cc1F. The molecule has 1 aromatic carbocycles. The molecule has 2 rings (SSSR count). The second-order valence-electron chi connectivity index (χ2n) is 3.89. The monoisotopic (exact) mass is 311 g/mol. The molecule has 1 heterocycles. The Hall–Kier alpha value is -2.55. The van der Waals surface area contributed by atoms with E-state index in [1.807, 2.05) is 0 Å². The molecule has 21 heavy (non-hydrogen) atoms. The molecule has 0 fully saturated rings. The highest BCUT2D eigenvalue weighted by molar-refractivity contribution is 7.18. The molecular weight excluding hydrogens is 301 g/mol. The highest BCUT2D eigenvalue weighted by Gasteiger charge is 2.14. The van der Waals surface area contributed by atoms with Crippen molar-refractivity contribution in [3.63, 3.8) is 0 Å². The van der Waals surface area contributed by atoms with Gasteiger partial charge in [0.2, 0.25) is 0 Å². The number of hydrogen-bond donors (Lipinski definition) is 1. The number of methoxy groups -OCH3 is 1. The third kappa shape index (κ3) is 3.51. The number of anilines is 1. The largest absolute Gasteiger partial charge is 0.494 e. The maximum atomic E-state index is 13.5. The van der Waals surface area contributed by atoms with Crippen molar-refractivity contribution in [2.24, 2.45) is 0 Å². The number of thiazole rings is 1. The summed E-state index contributed by atoms with van der Waals surface area (Å²) in [5.74, 6) is -0.947. The number of ether oxygens (including phenoxy) is 1. The van der Waals surface area contributed by atoms with E-state index >= 15 is 0 Å². The standard InChI is InChI=1S/C12H10FN3O4S/c1-20-10-3-2-7(4-8(10)13)9(17)5-14-12-15-6-11(21-12)16(18)19/h2-4,6H,5H2,1H3,(H,14,15). The third-order valence-corrected chi connectivity index (χ3v) is 3.45. The molecule has 0 atom stereocenters. The smallest absolute Gasteiger partial charge is 0.345 e. The Bertz CT molecular complexity index is 689. The van der Waals surface area contributed by atoms with Gasteiger partial charge in [-0.2, -0.15) is 0 Å². The number of rotatable bonds is 6. The van der Waals surface area contributed by atoms with Gasteiger partial charge in [-0.25, -0.2) is 9.37 Å². The molecule has 0 saturated heterocycles. The van der Waals surface area contributed by atoms with Gasteiger partial charge in [-0.3, -0.25) is 14.9 Å². The van der Waals surface area contributed by atoms with Gasteiger partial charge in [0.25, 0.3) is 0 Å². The van der Waals surface area contributed by atoms with Gasteiger partial charge < -0.3 is 10.1 Å². The fraction of sp³-hybridized carbons (Fsp3) is 0.167. The quantitative estimate of drug-likeness (QED) is 0.500. The topological polar surface area (TPSA) is 94.4 Å². The second kappa shape index (κ2) is 6.27.